The van der Waals surface area contributed by atoms with E-state index in [-0.39, 0.29) is 22.2 Å². The minimum atomic E-state index is -3.38. The summed E-state index contributed by atoms with van der Waals surface area (Å²) in [5.74, 6) is -0.659. The summed E-state index contributed by atoms with van der Waals surface area (Å²) in [7, 11) is -2.09. The molecule has 2 N–H and O–H groups in total. The fourth-order valence-corrected chi connectivity index (χ4v) is 2.81. The van der Waals surface area contributed by atoms with E-state index in [1.54, 1.807) is 0 Å². The number of hydrogen-bond acceptors (Lipinski definition) is 5. The number of aromatic amines is 1. The molecular formula is C14H14ClN3O5S. The van der Waals surface area contributed by atoms with Crippen LogP contribution in [0.15, 0.2) is 38.8 Å². The van der Waals surface area contributed by atoms with E-state index in [2.05, 4.69) is 10.3 Å². The Morgan fingerprint density at radius 2 is 1.96 bits per heavy atom. The van der Waals surface area contributed by atoms with Crippen LogP contribution in [0.4, 0.5) is 0 Å². The lowest BCUT2D eigenvalue weighted by atomic mass is 10.2. The van der Waals surface area contributed by atoms with Gasteiger partial charge in [-0.15, -0.1) is 0 Å². The molecule has 128 valence electrons. The fourth-order valence-electron chi connectivity index (χ4n) is 1.85. The van der Waals surface area contributed by atoms with E-state index in [1.165, 1.54) is 25.2 Å². The lowest BCUT2D eigenvalue weighted by Gasteiger charge is -2.08. The summed E-state index contributed by atoms with van der Waals surface area (Å²) >= 11 is 6.01. The van der Waals surface area contributed by atoms with Crippen molar-refractivity contribution in [1.29, 1.82) is 0 Å². The smallest absolute Gasteiger partial charge is 0.328 e. The minimum absolute atomic E-state index is 0.00104. The number of halogens is 1. The minimum Gasteiger partial charge on any atom is -0.347 e. The average Bonchev–Trinajstić information content (AvgIpc) is 2.49. The predicted molar refractivity (Wildman–Crippen MR) is 88.0 cm³/mol. The van der Waals surface area contributed by atoms with Gasteiger partial charge < -0.3 is 10.3 Å². The molecule has 0 unspecified atom stereocenters. The summed E-state index contributed by atoms with van der Waals surface area (Å²) in [5, 5.41) is 2.67. The highest BCUT2D eigenvalue weighted by molar-refractivity contribution is 7.90. The van der Waals surface area contributed by atoms with Gasteiger partial charge in [0.1, 0.15) is 5.69 Å². The standard InChI is InChI=1S/C14H14ClN3O5S/c1-18-12(19)6-11(17-14(18)21)13(20)16-7-8-3-4-9(5-10(8)15)24(2,22)23/h3-6H,7H2,1-2H3,(H,16,20)(H,17,21). The molecule has 0 aliphatic heterocycles. The molecule has 0 spiro atoms. The Hall–Kier alpha value is -2.39. The van der Waals surface area contributed by atoms with E-state index in [0.29, 0.717) is 5.56 Å². The zero-order chi connectivity index (χ0) is 18.1. The van der Waals surface area contributed by atoms with Gasteiger partial charge in [-0.2, -0.15) is 0 Å². The van der Waals surface area contributed by atoms with Gasteiger partial charge in [0, 0.05) is 30.9 Å². The van der Waals surface area contributed by atoms with Crippen molar-refractivity contribution >= 4 is 27.3 Å². The third kappa shape index (κ3) is 3.92. The summed E-state index contributed by atoms with van der Waals surface area (Å²) in [6, 6.07) is 5.15. The number of amides is 1. The summed E-state index contributed by atoms with van der Waals surface area (Å²) < 4.78 is 23.7. The van der Waals surface area contributed by atoms with E-state index in [9.17, 15) is 22.8 Å². The van der Waals surface area contributed by atoms with Crippen LogP contribution < -0.4 is 16.6 Å². The van der Waals surface area contributed by atoms with Gasteiger partial charge in [0.25, 0.3) is 11.5 Å². The zero-order valence-corrected chi connectivity index (χ0v) is 14.4. The molecule has 0 radical (unpaired) electrons. The average molecular weight is 372 g/mol. The highest BCUT2D eigenvalue weighted by atomic mass is 35.5. The molecule has 1 heterocycles. The van der Waals surface area contributed by atoms with Gasteiger partial charge in [0.15, 0.2) is 9.84 Å². The first kappa shape index (κ1) is 18.0. The first-order valence-electron chi connectivity index (χ1n) is 6.66. The summed E-state index contributed by atoms with van der Waals surface area (Å²) in [6.07, 6.45) is 1.06. The third-order valence-corrected chi connectivity index (χ3v) is 4.74. The molecule has 0 saturated carbocycles. The van der Waals surface area contributed by atoms with Crippen molar-refractivity contribution in [2.75, 3.05) is 6.26 Å². The molecule has 0 fully saturated rings. The Morgan fingerprint density at radius 1 is 1.29 bits per heavy atom. The molecule has 0 aliphatic carbocycles. The van der Waals surface area contributed by atoms with Gasteiger partial charge in [-0.25, -0.2) is 13.2 Å². The van der Waals surface area contributed by atoms with Crippen molar-refractivity contribution in [3.05, 3.63) is 61.4 Å². The number of hydrogen-bond donors (Lipinski definition) is 2. The Bertz CT molecular complexity index is 992. The second-order valence-corrected chi connectivity index (χ2v) is 7.52. The maximum atomic E-state index is 12.0. The van der Waals surface area contributed by atoms with Gasteiger partial charge in [0.2, 0.25) is 0 Å². The Balaban J connectivity index is 2.18. The van der Waals surface area contributed by atoms with Crippen molar-refractivity contribution in [2.24, 2.45) is 7.05 Å². The van der Waals surface area contributed by atoms with Crippen molar-refractivity contribution in [2.45, 2.75) is 11.4 Å². The largest absolute Gasteiger partial charge is 0.347 e. The fraction of sp³-hybridized carbons (Fsp3) is 0.214. The van der Waals surface area contributed by atoms with Gasteiger partial charge in [-0.3, -0.25) is 14.2 Å². The second-order valence-electron chi connectivity index (χ2n) is 5.09. The summed E-state index contributed by atoms with van der Waals surface area (Å²) in [6.45, 7) is -0.00104. The molecule has 10 heteroatoms. The molecule has 8 nitrogen and oxygen atoms in total. The molecule has 0 bridgehead atoms. The molecule has 1 amide bonds. The number of carbonyl (C=O) groups is 1. The maximum absolute atomic E-state index is 12.0. The van der Waals surface area contributed by atoms with E-state index >= 15 is 0 Å². The highest BCUT2D eigenvalue weighted by Gasteiger charge is 2.12. The van der Waals surface area contributed by atoms with Crippen LogP contribution >= 0.6 is 11.6 Å². The third-order valence-electron chi connectivity index (χ3n) is 3.28. The summed E-state index contributed by atoms with van der Waals surface area (Å²) in [5.41, 5.74) is -1.00. The Morgan fingerprint density at radius 3 is 2.50 bits per heavy atom. The van der Waals surface area contributed by atoms with Crippen molar-refractivity contribution in [1.82, 2.24) is 14.9 Å². The first-order valence-corrected chi connectivity index (χ1v) is 8.93. The predicted octanol–water partition coefficient (Wildman–Crippen LogP) is 0.0605. The molecule has 1 aromatic heterocycles. The van der Waals surface area contributed by atoms with E-state index < -0.39 is 27.0 Å². The highest BCUT2D eigenvalue weighted by Crippen LogP contribution is 2.20. The van der Waals surface area contributed by atoms with Crippen LogP contribution in [0.5, 0.6) is 0 Å². The Labute approximate surface area is 142 Å². The first-order chi connectivity index (χ1) is 11.1. The van der Waals surface area contributed by atoms with Crippen molar-refractivity contribution in [3.8, 4) is 0 Å². The maximum Gasteiger partial charge on any atom is 0.328 e. The number of benzene rings is 1. The van der Waals surface area contributed by atoms with E-state index in [0.717, 1.165) is 16.9 Å². The molecule has 0 atom stereocenters. The van der Waals surface area contributed by atoms with Crippen LogP contribution in [0, 0.1) is 0 Å². The molecule has 1 aromatic carbocycles. The normalized spacial score (nSPS) is 11.3. The van der Waals surface area contributed by atoms with E-state index in [4.69, 9.17) is 11.6 Å². The van der Waals surface area contributed by atoms with E-state index in [1.807, 2.05) is 0 Å². The molecule has 2 aromatic rings. The summed E-state index contributed by atoms with van der Waals surface area (Å²) in [4.78, 5) is 37.3. The number of sulfone groups is 1. The van der Waals surface area contributed by atoms with Crippen LogP contribution in [0.1, 0.15) is 16.1 Å². The molecule has 2 rings (SSSR count). The topological polar surface area (TPSA) is 118 Å². The van der Waals surface area contributed by atoms with Crippen LogP contribution in [-0.2, 0) is 23.4 Å². The number of nitrogens with one attached hydrogen (secondary N) is 2. The quantitative estimate of drug-likeness (QED) is 0.787. The molecular weight excluding hydrogens is 358 g/mol. The molecule has 0 saturated heterocycles. The van der Waals surface area contributed by atoms with Crippen molar-refractivity contribution < 1.29 is 13.2 Å². The van der Waals surface area contributed by atoms with Crippen LogP contribution in [0.2, 0.25) is 5.02 Å². The van der Waals surface area contributed by atoms with Gasteiger partial charge >= 0.3 is 5.69 Å². The monoisotopic (exact) mass is 371 g/mol. The van der Waals surface area contributed by atoms with Crippen LogP contribution in [-0.4, -0.2) is 30.1 Å². The van der Waals surface area contributed by atoms with Gasteiger partial charge in [-0.1, -0.05) is 17.7 Å². The van der Waals surface area contributed by atoms with Crippen LogP contribution in [0.3, 0.4) is 0 Å². The number of H-pyrrole nitrogens is 1. The molecule has 24 heavy (non-hydrogen) atoms. The Kier molecular flexibility index (Phi) is 4.95. The lowest BCUT2D eigenvalue weighted by Crippen LogP contribution is -2.36. The van der Waals surface area contributed by atoms with Crippen molar-refractivity contribution in [3.63, 3.8) is 0 Å². The number of nitrogens with zero attached hydrogens (tertiary/aromatic N) is 1. The van der Waals surface area contributed by atoms with Crippen LogP contribution in [0.25, 0.3) is 0 Å². The number of carbonyl (C=O) groups excluding carboxylic acids is 1. The molecule has 0 aliphatic rings. The second kappa shape index (κ2) is 6.62. The zero-order valence-electron chi connectivity index (χ0n) is 12.8. The SMILES string of the molecule is Cn1c(=O)cc(C(=O)NCc2ccc(S(C)(=O)=O)cc2Cl)[nH]c1=O. The lowest BCUT2D eigenvalue weighted by molar-refractivity contribution is 0.0945. The van der Waals surface area contributed by atoms with Gasteiger partial charge in [0.05, 0.1) is 4.90 Å². The van der Waals surface area contributed by atoms with Gasteiger partial charge in [-0.05, 0) is 17.7 Å². The number of rotatable bonds is 4. The number of aromatic nitrogens is 2.